The summed E-state index contributed by atoms with van der Waals surface area (Å²) >= 11 is 3.22. The highest BCUT2D eigenvalue weighted by atomic mass is 79.9. The SMILES string of the molecule is Cc1occc1CN(C)C(CN)c1ccc(F)c(Br)c1. The van der Waals surface area contributed by atoms with Gasteiger partial charge in [0.2, 0.25) is 0 Å². The number of rotatable bonds is 5. The van der Waals surface area contributed by atoms with Crippen molar-refractivity contribution < 1.29 is 8.81 Å². The Morgan fingerprint density at radius 1 is 1.40 bits per heavy atom. The molecule has 2 N–H and O–H groups in total. The molecule has 0 bridgehead atoms. The number of furan rings is 1. The van der Waals surface area contributed by atoms with Gasteiger partial charge in [0, 0.05) is 24.7 Å². The van der Waals surface area contributed by atoms with Crippen LogP contribution in [0, 0.1) is 12.7 Å². The summed E-state index contributed by atoms with van der Waals surface area (Å²) in [6.07, 6.45) is 1.68. The first-order valence-corrected chi connectivity index (χ1v) is 7.20. The lowest BCUT2D eigenvalue weighted by atomic mass is 10.0. The fraction of sp³-hybridized carbons (Fsp3) is 0.333. The quantitative estimate of drug-likeness (QED) is 0.903. The third kappa shape index (κ3) is 3.29. The minimum absolute atomic E-state index is 0.0289. The summed E-state index contributed by atoms with van der Waals surface area (Å²) in [5, 5.41) is 0. The van der Waals surface area contributed by atoms with Gasteiger partial charge in [0.25, 0.3) is 0 Å². The lowest BCUT2D eigenvalue weighted by Gasteiger charge is -2.27. The summed E-state index contributed by atoms with van der Waals surface area (Å²) in [5.74, 6) is 0.644. The van der Waals surface area contributed by atoms with Crippen LogP contribution in [-0.2, 0) is 6.54 Å². The van der Waals surface area contributed by atoms with E-state index in [2.05, 4.69) is 20.8 Å². The van der Waals surface area contributed by atoms with Gasteiger partial charge in [-0.3, -0.25) is 4.90 Å². The van der Waals surface area contributed by atoms with Gasteiger partial charge in [0.15, 0.2) is 0 Å². The summed E-state index contributed by atoms with van der Waals surface area (Å²) in [4.78, 5) is 2.14. The molecule has 0 spiro atoms. The molecule has 1 aromatic carbocycles. The maximum atomic E-state index is 13.3. The second-order valence-corrected chi connectivity index (χ2v) is 5.70. The normalized spacial score (nSPS) is 12.9. The van der Waals surface area contributed by atoms with E-state index < -0.39 is 0 Å². The molecule has 0 aliphatic carbocycles. The number of hydrogen-bond acceptors (Lipinski definition) is 3. The fourth-order valence-electron chi connectivity index (χ4n) is 2.24. The van der Waals surface area contributed by atoms with Crippen LogP contribution in [0.1, 0.15) is 22.9 Å². The van der Waals surface area contributed by atoms with Crippen molar-refractivity contribution in [2.24, 2.45) is 5.73 Å². The zero-order valence-corrected chi connectivity index (χ0v) is 13.2. The Morgan fingerprint density at radius 3 is 2.70 bits per heavy atom. The van der Waals surface area contributed by atoms with Crippen molar-refractivity contribution in [3.8, 4) is 0 Å². The van der Waals surface area contributed by atoms with E-state index in [1.807, 2.05) is 20.0 Å². The molecule has 0 saturated carbocycles. The van der Waals surface area contributed by atoms with Gasteiger partial charge in [-0.2, -0.15) is 0 Å². The van der Waals surface area contributed by atoms with E-state index in [-0.39, 0.29) is 11.9 Å². The van der Waals surface area contributed by atoms with Crippen LogP contribution in [0.15, 0.2) is 39.4 Å². The highest BCUT2D eigenvalue weighted by Crippen LogP contribution is 2.25. The molecule has 2 aromatic rings. The second kappa shape index (κ2) is 6.52. The molecular formula is C15H18BrFN2O. The van der Waals surface area contributed by atoms with Crippen molar-refractivity contribution in [2.75, 3.05) is 13.6 Å². The molecule has 108 valence electrons. The molecule has 20 heavy (non-hydrogen) atoms. The Balaban J connectivity index is 2.18. The third-order valence-electron chi connectivity index (χ3n) is 3.47. The van der Waals surface area contributed by atoms with E-state index in [0.29, 0.717) is 11.0 Å². The second-order valence-electron chi connectivity index (χ2n) is 4.84. The Hall–Kier alpha value is -1.17. The van der Waals surface area contributed by atoms with E-state index in [1.165, 1.54) is 6.07 Å². The molecule has 1 unspecified atom stereocenters. The number of nitrogens with two attached hydrogens (primary N) is 1. The predicted molar refractivity (Wildman–Crippen MR) is 80.8 cm³/mol. The number of halogens is 2. The van der Waals surface area contributed by atoms with Gasteiger partial charge in [-0.05, 0) is 53.7 Å². The van der Waals surface area contributed by atoms with Crippen molar-refractivity contribution >= 4 is 15.9 Å². The van der Waals surface area contributed by atoms with Crippen molar-refractivity contribution in [3.05, 3.63) is 57.7 Å². The Bertz CT molecular complexity index is 585. The molecule has 0 amide bonds. The van der Waals surface area contributed by atoms with Crippen LogP contribution in [-0.4, -0.2) is 18.5 Å². The van der Waals surface area contributed by atoms with E-state index >= 15 is 0 Å². The molecule has 1 atom stereocenters. The lowest BCUT2D eigenvalue weighted by Crippen LogP contribution is -2.30. The highest BCUT2D eigenvalue weighted by Gasteiger charge is 2.18. The van der Waals surface area contributed by atoms with Gasteiger partial charge in [-0.15, -0.1) is 0 Å². The predicted octanol–water partition coefficient (Wildman–Crippen LogP) is 3.62. The van der Waals surface area contributed by atoms with E-state index in [9.17, 15) is 4.39 Å². The maximum absolute atomic E-state index is 13.3. The molecule has 0 saturated heterocycles. The molecule has 1 aromatic heterocycles. The average molecular weight is 341 g/mol. The van der Waals surface area contributed by atoms with Gasteiger partial charge < -0.3 is 10.2 Å². The van der Waals surface area contributed by atoms with Crippen molar-refractivity contribution in [2.45, 2.75) is 19.5 Å². The van der Waals surface area contributed by atoms with Crippen LogP contribution in [0.25, 0.3) is 0 Å². The number of hydrogen-bond donors (Lipinski definition) is 1. The van der Waals surface area contributed by atoms with Crippen molar-refractivity contribution in [1.29, 1.82) is 0 Å². The summed E-state index contributed by atoms with van der Waals surface area (Å²) in [6, 6.07) is 7.00. The van der Waals surface area contributed by atoms with Crippen LogP contribution >= 0.6 is 15.9 Å². The molecule has 5 heteroatoms. The number of likely N-dealkylation sites (N-methyl/N-ethyl adjacent to an activating group) is 1. The zero-order valence-electron chi connectivity index (χ0n) is 11.6. The first-order chi connectivity index (χ1) is 9.52. The van der Waals surface area contributed by atoms with Gasteiger partial charge in [-0.1, -0.05) is 6.07 Å². The van der Waals surface area contributed by atoms with Crippen LogP contribution in [0.4, 0.5) is 4.39 Å². The molecule has 1 heterocycles. The number of nitrogens with zero attached hydrogens (tertiary/aromatic N) is 1. The third-order valence-corrected chi connectivity index (χ3v) is 4.08. The Morgan fingerprint density at radius 2 is 2.15 bits per heavy atom. The van der Waals surface area contributed by atoms with E-state index in [4.69, 9.17) is 10.2 Å². The van der Waals surface area contributed by atoms with Crippen LogP contribution in [0.2, 0.25) is 0 Å². The maximum Gasteiger partial charge on any atom is 0.137 e. The zero-order chi connectivity index (χ0) is 14.7. The van der Waals surface area contributed by atoms with E-state index in [0.717, 1.165) is 23.4 Å². The standard InChI is InChI=1S/C15H18BrFN2O/c1-10-12(5-6-20-10)9-19(2)15(8-18)11-3-4-14(17)13(16)7-11/h3-7,15H,8-9,18H2,1-2H3. The largest absolute Gasteiger partial charge is 0.469 e. The molecule has 0 aliphatic heterocycles. The summed E-state index contributed by atoms with van der Waals surface area (Å²) in [5.41, 5.74) is 8.01. The van der Waals surface area contributed by atoms with Crippen LogP contribution in [0.3, 0.4) is 0 Å². The smallest absolute Gasteiger partial charge is 0.137 e. The number of benzene rings is 1. The Kier molecular flexibility index (Phi) is 4.96. The fourth-order valence-corrected chi connectivity index (χ4v) is 2.64. The first kappa shape index (κ1) is 15.2. The van der Waals surface area contributed by atoms with Gasteiger partial charge in [0.1, 0.15) is 11.6 Å². The summed E-state index contributed by atoms with van der Waals surface area (Å²) in [6.45, 7) is 3.14. The molecular weight excluding hydrogens is 323 g/mol. The van der Waals surface area contributed by atoms with E-state index in [1.54, 1.807) is 18.4 Å². The van der Waals surface area contributed by atoms with Crippen molar-refractivity contribution in [3.63, 3.8) is 0 Å². The molecule has 0 radical (unpaired) electrons. The minimum atomic E-state index is -0.266. The molecule has 3 nitrogen and oxygen atoms in total. The Labute approximate surface area is 126 Å². The number of aryl methyl sites for hydroxylation is 1. The first-order valence-electron chi connectivity index (χ1n) is 6.41. The topological polar surface area (TPSA) is 42.4 Å². The van der Waals surface area contributed by atoms with Crippen LogP contribution in [0.5, 0.6) is 0 Å². The van der Waals surface area contributed by atoms with Gasteiger partial charge in [-0.25, -0.2) is 4.39 Å². The summed E-state index contributed by atoms with van der Waals surface area (Å²) < 4.78 is 19.1. The molecule has 2 rings (SSSR count). The monoisotopic (exact) mass is 340 g/mol. The van der Waals surface area contributed by atoms with Gasteiger partial charge >= 0.3 is 0 Å². The van der Waals surface area contributed by atoms with Crippen LogP contribution < -0.4 is 5.73 Å². The highest BCUT2D eigenvalue weighted by molar-refractivity contribution is 9.10. The molecule has 0 aliphatic rings. The molecule has 0 fully saturated rings. The van der Waals surface area contributed by atoms with Crippen molar-refractivity contribution in [1.82, 2.24) is 4.90 Å². The van der Waals surface area contributed by atoms with Gasteiger partial charge in [0.05, 0.1) is 10.7 Å². The average Bonchev–Trinajstić information content (AvgIpc) is 2.80. The summed E-state index contributed by atoms with van der Waals surface area (Å²) in [7, 11) is 2.00. The minimum Gasteiger partial charge on any atom is -0.469 e. The lowest BCUT2D eigenvalue weighted by molar-refractivity contribution is 0.240.